The Morgan fingerprint density at radius 2 is 1.83 bits per heavy atom. The number of benzene rings is 2. The van der Waals surface area contributed by atoms with Gasteiger partial charge in [0.05, 0.1) is 29.3 Å². The number of aliphatic imine (C=N–C) groups is 1. The fourth-order valence-electron chi connectivity index (χ4n) is 5.09. The molecule has 0 saturated carbocycles. The Morgan fingerprint density at radius 3 is 2.33 bits per heavy atom. The second-order valence-electron chi connectivity index (χ2n) is 11.3. The summed E-state index contributed by atoms with van der Waals surface area (Å²) < 4.78 is 5.73. The summed E-state index contributed by atoms with van der Waals surface area (Å²) in [5, 5.41) is 21.2. The van der Waals surface area contributed by atoms with Gasteiger partial charge in [0.2, 0.25) is 6.41 Å². The number of ether oxygens (including phenoxy) is 1. The second kappa shape index (κ2) is 16.0. The molecule has 3 atom stereocenters. The van der Waals surface area contributed by atoms with E-state index < -0.39 is 16.7 Å². The molecule has 1 fully saturated rings. The number of halogens is 2. The molecule has 2 heterocycles. The number of piperazine rings is 1. The molecule has 8 nitrogen and oxygen atoms in total. The lowest BCUT2D eigenvalue weighted by Gasteiger charge is -2.38. The van der Waals surface area contributed by atoms with E-state index >= 15 is 0 Å². The van der Waals surface area contributed by atoms with Crippen LogP contribution in [0, 0.1) is 6.92 Å². The standard InChI is InChI=1S/C26H39ClN4O4.C6H5Cl/c1-20-15-21(26(3,34)18-30-11-9-29(10-12-30)13-14-32)5-6-23(20)24(35-4)31(19-33)16-22-7-8-25(2,27)17-28-22;7-6-4-2-1-3-5-6/h5-7,15,17,19,24,32,34H,8-14,16,18H2,1-4H3;1-5H. The quantitative estimate of drug-likeness (QED) is 0.217. The molecular weight excluding hydrogens is 575 g/mol. The van der Waals surface area contributed by atoms with Crippen molar-refractivity contribution in [2.24, 2.45) is 4.99 Å². The van der Waals surface area contributed by atoms with Crippen LogP contribution in [0.4, 0.5) is 0 Å². The molecule has 2 aromatic rings. The molecule has 1 amide bonds. The van der Waals surface area contributed by atoms with E-state index in [0.29, 0.717) is 26.1 Å². The van der Waals surface area contributed by atoms with Crippen LogP contribution >= 0.6 is 23.2 Å². The summed E-state index contributed by atoms with van der Waals surface area (Å²) in [5.41, 5.74) is 2.37. The minimum atomic E-state index is -1.02. The average Bonchev–Trinajstić information content (AvgIpc) is 2.96. The van der Waals surface area contributed by atoms with Crippen molar-refractivity contribution in [3.05, 3.63) is 82.0 Å². The fourth-order valence-corrected chi connectivity index (χ4v) is 5.36. The van der Waals surface area contributed by atoms with Crippen molar-refractivity contribution >= 4 is 35.8 Å². The van der Waals surface area contributed by atoms with Gasteiger partial charge < -0.3 is 19.8 Å². The van der Waals surface area contributed by atoms with Crippen molar-refractivity contribution in [1.82, 2.24) is 14.7 Å². The predicted molar refractivity (Wildman–Crippen MR) is 170 cm³/mol. The number of carbonyl (C=O) groups excluding carboxylic acids is 1. The van der Waals surface area contributed by atoms with Crippen LogP contribution in [0.3, 0.4) is 0 Å². The highest BCUT2D eigenvalue weighted by atomic mass is 35.5. The third kappa shape index (κ3) is 10.2. The number of hydrogen-bond acceptors (Lipinski definition) is 7. The highest BCUT2D eigenvalue weighted by molar-refractivity contribution is 6.32. The maximum atomic E-state index is 12.0. The number of aliphatic hydroxyl groups excluding tert-OH is 1. The van der Waals surface area contributed by atoms with Crippen molar-refractivity contribution in [1.29, 1.82) is 0 Å². The van der Waals surface area contributed by atoms with Crippen LogP contribution < -0.4 is 0 Å². The predicted octanol–water partition coefficient (Wildman–Crippen LogP) is 4.61. The monoisotopic (exact) mass is 618 g/mol. The van der Waals surface area contributed by atoms with Crippen LogP contribution in [-0.4, -0.2) is 102 Å². The lowest BCUT2D eigenvalue weighted by Crippen LogP contribution is -2.50. The highest BCUT2D eigenvalue weighted by Crippen LogP contribution is 2.31. The molecule has 0 bridgehead atoms. The SMILES string of the molecule is COC(c1ccc(C(C)(O)CN2CCN(CCO)CC2)cc1C)N(C=O)CC1=CCC(C)(Cl)C=N1.Clc1ccccc1. The van der Waals surface area contributed by atoms with Crippen LogP contribution in [0.15, 0.2) is 65.3 Å². The number of methoxy groups -OCH3 is 1. The molecule has 0 radical (unpaired) electrons. The molecule has 42 heavy (non-hydrogen) atoms. The van der Waals surface area contributed by atoms with Gasteiger partial charge in [-0.3, -0.25) is 19.6 Å². The fraction of sp³-hybridized carbons (Fsp3) is 0.500. The number of alkyl halides is 1. The van der Waals surface area contributed by atoms with Crippen molar-refractivity contribution in [2.45, 2.75) is 43.9 Å². The number of hydrogen-bond donors (Lipinski definition) is 2. The maximum Gasteiger partial charge on any atom is 0.212 e. The molecule has 2 N–H and O–H groups in total. The van der Waals surface area contributed by atoms with Crippen molar-refractivity contribution in [3.63, 3.8) is 0 Å². The van der Waals surface area contributed by atoms with Crippen LogP contribution in [0.25, 0.3) is 0 Å². The summed E-state index contributed by atoms with van der Waals surface area (Å²) in [4.78, 5) is 22.0. The molecule has 1 saturated heterocycles. The maximum absolute atomic E-state index is 12.0. The highest BCUT2D eigenvalue weighted by Gasteiger charge is 2.30. The third-order valence-corrected chi connectivity index (χ3v) is 8.05. The van der Waals surface area contributed by atoms with E-state index in [1.165, 1.54) is 0 Å². The average molecular weight is 620 g/mol. The Kier molecular flexibility index (Phi) is 13.0. The Hall–Kier alpha value is -2.30. The summed E-state index contributed by atoms with van der Waals surface area (Å²) in [7, 11) is 1.58. The molecule has 0 aromatic heterocycles. The van der Waals surface area contributed by atoms with Gasteiger partial charge in [0.1, 0.15) is 0 Å². The number of allylic oxidation sites excluding steroid dienone is 1. The van der Waals surface area contributed by atoms with Crippen molar-refractivity contribution < 1.29 is 19.7 Å². The molecular formula is C32H44Cl2N4O4. The van der Waals surface area contributed by atoms with E-state index in [1.54, 1.807) is 18.2 Å². The van der Waals surface area contributed by atoms with E-state index in [2.05, 4.69) is 14.8 Å². The zero-order valence-electron chi connectivity index (χ0n) is 25.0. The first kappa shape index (κ1) is 34.2. The van der Waals surface area contributed by atoms with Gasteiger partial charge in [0, 0.05) is 63.2 Å². The zero-order valence-corrected chi connectivity index (χ0v) is 26.6. The second-order valence-corrected chi connectivity index (χ2v) is 12.6. The normalized spacial score (nSPS) is 21.5. The summed E-state index contributed by atoms with van der Waals surface area (Å²) in [5.74, 6) is 0. The third-order valence-electron chi connectivity index (χ3n) is 7.54. The molecule has 0 aliphatic carbocycles. The van der Waals surface area contributed by atoms with Gasteiger partial charge >= 0.3 is 0 Å². The molecule has 230 valence electrons. The molecule has 2 aliphatic rings. The van der Waals surface area contributed by atoms with Gasteiger partial charge in [-0.25, -0.2) is 0 Å². The van der Waals surface area contributed by atoms with Gasteiger partial charge in [0.25, 0.3) is 0 Å². The lowest BCUT2D eigenvalue weighted by molar-refractivity contribution is -0.129. The van der Waals surface area contributed by atoms with Gasteiger partial charge in [-0.2, -0.15) is 0 Å². The number of aryl methyl sites for hydroxylation is 1. The first-order valence-corrected chi connectivity index (χ1v) is 15.0. The number of aliphatic hydroxyl groups is 2. The van der Waals surface area contributed by atoms with Crippen LogP contribution in [-0.2, 0) is 15.1 Å². The Balaban J connectivity index is 0.000000603. The first-order valence-electron chi connectivity index (χ1n) is 14.2. The lowest BCUT2D eigenvalue weighted by atomic mass is 9.91. The molecule has 2 aliphatic heterocycles. The Bertz CT molecular complexity index is 1200. The van der Waals surface area contributed by atoms with E-state index in [9.17, 15) is 9.90 Å². The van der Waals surface area contributed by atoms with E-state index in [1.807, 2.05) is 75.4 Å². The number of nitrogens with zero attached hydrogens (tertiary/aromatic N) is 4. The van der Waals surface area contributed by atoms with Crippen LogP contribution in [0.1, 0.15) is 43.2 Å². The van der Waals surface area contributed by atoms with Gasteiger partial charge in [-0.05, 0) is 50.5 Å². The minimum absolute atomic E-state index is 0.172. The Morgan fingerprint density at radius 1 is 1.17 bits per heavy atom. The molecule has 10 heteroatoms. The van der Waals surface area contributed by atoms with Crippen molar-refractivity contribution in [3.8, 4) is 0 Å². The number of carbonyl (C=O) groups is 1. The summed E-state index contributed by atoms with van der Waals surface area (Å²) in [6.45, 7) is 10.9. The number of amides is 1. The molecule has 2 aromatic carbocycles. The summed E-state index contributed by atoms with van der Waals surface area (Å²) in [6.07, 6.45) is 4.51. The number of rotatable bonds is 11. The summed E-state index contributed by atoms with van der Waals surface area (Å²) >= 11 is 11.8. The van der Waals surface area contributed by atoms with E-state index in [0.717, 1.165) is 60.0 Å². The largest absolute Gasteiger partial charge is 0.395 e. The summed E-state index contributed by atoms with van der Waals surface area (Å²) in [6, 6.07) is 15.3. The molecule has 0 spiro atoms. The minimum Gasteiger partial charge on any atom is -0.395 e. The van der Waals surface area contributed by atoms with Gasteiger partial charge in [-0.15, -0.1) is 11.6 Å². The van der Waals surface area contributed by atoms with E-state index in [-0.39, 0.29) is 6.61 Å². The van der Waals surface area contributed by atoms with Crippen LogP contribution in [0.2, 0.25) is 5.02 Å². The Labute approximate surface area is 260 Å². The molecule has 3 unspecified atom stereocenters. The van der Waals surface area contributed by atoms with Crippen LogP contribution in [0.5, 0.6) is 0 Å². The van der Waals surface area contributed by atoms with Gasteiger partial charge in [0.15, 0.2) is 6.23 Å². The van der Waals surface area contributed by atoms with Gasteiger partial charge in [-0.1, -0.05) is 54.1 Å². The molecule has 4 rings (SSSR count). The first-order chi connectivity index (χ1) is 20.0. The van der Waals surface area contributed by atoms with Crippen molar-refractivity contribution in [2.75, 3.05) is 59.5 Å². The topological polar surface area (TPSA) is 88.8 Å². The zero-order chi connectivity index (χ0) is 30.8. The smallest absolute Gasteiger partial charge is 0.212 e. The number of β-amino-alcohol motifs (C(OH)–C–C–N with tert-alkyl or cyclic N) is 2. The van der Waals surface area contributed by atoms with E-state index in [4.69, 9.17) is 33.0 Å².